The smallest absolute Gasteiger partial charge is 0.400 e. The Labute approximate surface area is 98.7 Å². The summed E-state index contributed by atoms with van der Waals surface area (Å²) in [6, 6.07) is 0. The van der Waals surface area contributed by atoms with E-state index < -0.39 is 0 Å². The molecule has 0 saturated carbocycles. The van der Waals surface area contributed by atoms with Crippen LogP contribution in [0.4, 0.5) is 0 Å². The van der Waals surface area contributed by atoms with Crippen molar-refractivity contribution in [3.63, 3.8) is 0 Å². The van der Waals surface area contributed by atoms with E-state index in [9.17, 15) is 0 Å². The van der Waals surface area contributed by atoms with Crippen LogP contribution in [0.25, 0.3) is 0 Å². The predicted octanol–water partition coefficient (Wildman–Crippen LogP) is 1.40. The van der Waals surface area contributed by atoms with Gasteiger partial charge in [0.15, 0.2) is 0 Å². The van der Waals surface area contributed by atoms with Crippen LogP contribution in [0.2, 0.25) is 0 Å². The average molecular weight is 221 g/mol. The molecule has 16 heavy (non-hydrogen) atoms. The molecule has 1 saturated heterocycles. The Morgan fingerprint density at radius 1 is 1.31 bits per heavy atom. The van der Waals surface area contributed by atoms with Crippen LogP contribution in [0.3, 0.4) is 0 Å². The summed E-state index contributed by atoms with van der Waals surface area (Å²) < 4.78 is 11.7. The fourth-order valence-electron chi connectivity index (χ4n) is 1.39. The predicted molar refractivity (Wildman–Crippen MR) is 66.9 cm³/mol. The first-order valence-corrected chi connectivity index (χ1v) is 5.47. The normalized spacial score (nSPS) is 21.8. The molecule has 1 rings (SSSR count). The molecular weight excluding hydrogens is 201 g/mol. The Balaban J connectivity index is 2.53. The highest BCUT2D eigenvalue weighted by atomic mass is 16.7. The Morgan fingerprint density at radius 2 is 1.81 bits per heavy atom. The molecule has 1 fully saturated rings. The van der Waals surface area contributed by atoms with Crippen molar-refractivity contribution < 1.29 is 9.31 Å². The maximum Gasteiger partial charge on any atom is 0.491 e. The van der Waals surface area contributed by atoms with Gasteiger partial charge >= 0.3 is 7.12 Å². The molecule has 0 spiro atoms. The number of hydrogen-bond donors (Lipinski definition) is 1. The van der Waals surface area contributed by atoms with Crippen molar-refractivity contribution in [1.82, 2.24) is 5.32 Å². The molecule has 0 atom stereocenters. The lowest BCUT2D eigenvalue weighted by atomic mass is 9.79. The molecular formula is C12H20BNO2. The maximum atomic E-state index is 5.84. The lowest BCUT2D eigenvalue weighted by Gasteiger charge is -2.32. The van der Waals surface area contributed by atoms with Crippen molar-refractivity contribution >= 4 is 7.12 Å². The van der Waals surface area contributed by atoms with Gasteiger partial charge in [-0.05, 0) is 33.2 Å². The average Bonchev–Trinajstić information content (AvgIpc) is 2.36. The third-order valence-electron chi connectivity index (χ3n) is 3.17. The molecule has 0 aromatic rings. The molecule has 88 valence electrons. The first kappa shape index (κ1) is 13.3. The first-order chi connectivity index (χ1) is 7.30. The third kappa shape index (κ3) is 2.68. The molecule has 0 aliphatic carbocycles. The largest absolute Gasteiger partial charge is 0.491 e. The molecule has 0 amide bonds. The summed E-state index contributed by atoms with van der Waals surface area (Å²) in [6.45, 7) is 13.2. The van der Waals surface area contributed by atoms with Crippen LogP contribution in [-0.4, -0.2) is 31.4 Å². The highest BCUT2D eigenvalue weighted by Crippen LogP contribution is 2.38. The molecule has 0 aromatic carbocycles. The summed E-state index contributed by atoms with van der Waals surface area (Å²) in [5.41, 5.74) is 0.244. The monoisotopic (exact) mass is 221 g/mol. The van der Waals surface area contributed by atoms with Gasteiger partial charge in [0, 0.05) is 6.54 Å². The van der Waals surface area contributed by atoms with Crippen LogP contribution in [0.1, 0.15) is 27.7 Å². The second-order valence-electron chi connectivity index (χ2n) is 5.05. The highest BCUT2D eigenvalue weighted by molar-refractivity contribution is 6.54. The molecule has 0 radical (unpaired) electrons. The number of hydrogen-bond acceptors (Lipinski definition) is 3. The van der Waals surface area contributed by atoms with Crippen LogP contribution >= 0.6 is 0 Å². The van der Waals surface area contributed by atoms with E-state index in [0.717, 1.165) is 5.47 Å². The lowest BCUT2D eigenvalue weighted by molar-refractivity contribution is 0.00578. The van der Waals surface area contributed by atoms with Gasteiger partial charge in [0.05, 0.1) is 17.7 Å². The van der Waals surface area contributed by atoms with E-state index in [2.05, 4.69) is 17.8 Å². The zero-order valence-corrected chi connectivity index (χ0v) is 10.6. The van der Waals surface area contributed by atoms with Crippen molar-refractivity contribution in [2.45, 2.75) is 38.9 Å². The quantitative estimate of drug-likeness (QED) is 0.442. The fourth-order valence-corrected chi connectivity index (χ4v) is 1.39. The summed E-state index contributed by atoms with van der Waals surface area (Å²) >= 11 is 0. The molecule has 1 aliphatic rings. The maximum absolute atomic E-state index is 5.84. The molecule has 1 aliphatic heterocycles. The Kier molecular flexibility index (Phi) is 3.85. The molecule has 0 aromatic heterocycles. The Morgan fingerprint density at radius 3 is 2.25 bits per heavy atom. The van der Waals surface area contributed by atoms with Gasteiger partial charge in [0.2, 0.25) is 0 Å². The zero-order valence-electron chi connectivity index (χ0n) is 10.6. The van der Waals surface area contributed by atoms with Crippen molar-refractivity contribution in [2.24, 2.45) is 0 Å². The van der Waals surface area contributed by atoms with Gasteiger partial charge in [-0.2, -0.15) is 0 Å². The van der Waals surface area contributed by atoms with Gasteiger partial charge in [-0.15, -0.1) is 13.0 Å². The number of nitrogens with one attached hydrogen (secondary N) is 1. The molecule has 3 nitrogen and oxygen atoms in total. The Bertz CT molecular complexity index is 301. The Hall–Kier alpha value is -0.755. The van der Waals surface area contributed by atoms with E-state index in [1.54, 1.807) is 0 Å². The fraction of sp³-hybridized carbons (Fsp3) is 0.667. The van der Waals surface area contributed by atoms with Crippen LogP contribution in [-0.2, 0) is 9.31 Å². The first-order valence-electron chi connectivity index (χ1n) is 5.47. The number of rotatable bonds is 4. The van der Waals surface area contributed by atoms with E-state index in [1.165, 1.54) is 0 Å². The van der Waals surface area contributed by atoms with Crippen molar-refractivity contribution in [3.05, 3.63) is 12.1 Å². The topological polar surface area (TPSA) is 30.5 Å². The van der Waals surface area contributed by atoms with Crippen LogP contribution in [0.5, 0.6) is 0 Å². The lowest BCUT2D eigenvalue weighted by Crippen LogP contribution is -2.41. The van der Waals surface area contributed by atoms with Gasteiger partial charge in [0.1, 0.15) is 0 Å². The second kappa shape index (κ2) is 4.62. The van der Waals surface area contributed by atoms with Crippen molar-refractivity contribution in [2.75, 3.05) is 13.1 Å². The highest BCUT2D eigenvalue weighted by Gasteiger charge is 2.51. The number of terminal acetylenes is 1. The molecule has 1 heterocycles. The standard InChI is InChI=1S/C12H20BNO2/c1-7-8-14-9-10(2)13-15-11(3,4)12(5,6)16-13/h1,14H,2,8-9H2,3-6H3. The van der Waals surface area contributed by atoms with E-state index in [-0.39, 0.29) is 18.3 Å². The van der Waals surface area contributed by atoms with E-state index in [0.29, 0.717) is 13.1 Å². The summed E-state index contributed by atoms with van der Waals surface area (Å²) in [5, 5.41) is 3.07. The summed E-state index contributed by atoms with van der Waals surface area (Å²) in [7, 11) is -0.352. The summed E-state index contributed by atoms with van der Waals surface area (Å²) in [5.74, 6) is 2.51. The minimum atomic E-state index is -0.352. The SMILES string of the molecule is C#CCNCC(=C)B1OC(C)(C)C(C)(C)O1. The van der Waals surface area contributed by atoms with Crippen LogP contribution < -0.4 is 5.32 Å². The van der Waals surface area contributed by atoms with E-state index >= 15 is 0 Å². The second-order valence-corrected chi connectivity index (χ2v) is 5.05. The van der Waals surface area contributed by atoms with Crippen molar-refractivity contribution in [3.8, 4) is 12.3 Å². The van der Waals surface area contributed by atoms with Crippen molar-refractivity contribution in [1.29, 1.82) is 0 Å². The molecule has 1 N–H and O–H groups in total. The van der Waals surface area contributed by atoms with E-state index in [4.69, 9.17) is 15.7 Å². The van der Waals surface area contributed by atoms with Crippen LogP contribution in [0.15, 0.2) is 12.1 Å². The molecule has 4 heteroatoms. The summed E-state index contributed by atoms with van der Waals surface area (Å²) in [6.07, 6.45) is 5.15. The van der Waals surface area contributed by atoms with Gasteiger partial charge in [-0.3, -0.25) is 0 Å². The van der Waals surface area contributed by atoms with Gasteiger partial charge in [-0.25, -0.2) is 0 Å². The zero-order chi connectivity index (χ0) is 12.4. The molecule has 0 bridgehead atoms. The van der Waals surface area contributed by atoms with Crippen LogP contribution in [0, 0.1) is 12.3 Å². The van der Waals surface area contributed by atoms with Gasteiger partial charge in [-0.1, -0.05) is 5.92 Å². The minimum Gasteiger partial charge on any atom is -0.400 e. The van der Waals surface area contributed by atoms with Gasteiger partial charge < -0.3 is 14.6 Å². The summed E-state index contributed by atoms with van der Waals surface area (Å²) in [4.78, 5) is 0. The molecule has 0 unspecified atom stereocenters. The third-order valence-corrected chi connectivity index (χ3v) is 3.17. The van der Waals surface area contributed by atoms with Gasteiger partial charge in [0.25, 0.3) is 0 Å². The minimum absolute atomic E-state index is 0.313. The van der Waals surface area contributed by atoms with E-state index in [1.807, 2.05) is 27.7 Å².